The SMILES string of the molecule is CCc1cnc(NCc2cscn2)s1. The molecule has 0 spiro atoms. The van der Waals surface area contributed by atoms with Gasteiger partial charge in [-0.1, -0.05) is 6.92 Å². The Labute approximate surface area is 90.9 Å². The van der Waals surface area contributed by atoms with E-state index in [9.17, 15) is 0 Å². The van der Waals surface area contributed by atoms with Gasteiger partial charge in [0.2, 0.25) is 0 Å². The van der Waals surface area contributed by atoms with E-state index < -0.39 is 0 Å². The van der Waals surface area contributed by atoms with Crippen LogP contribution < -0.4 is 5.32 Å². The number of aromatic nitrogens is 2. The summed E-state index contributed by atoms with van der Waals surface area (Å²) in [7, 11) is 0. The maximum absolute atomic E-state index is 4.27. The molecule has 0 aliphatic rings. The zero-order valence-corrected chi connectivity index (χ0v) is 9.49. The molecule has 2 heterocycles. The summed E-state index contributed by atoms with van der Waals surface area (Å²) < 4.78 is 0. The van der Waals surface area contributed by atoms with Crippen molar-refractivity contribution >= 4 is 27.8 Å². The second kappa shape index (κ2) is 4.52. The summed E-state index contributed by atoms with van der Waals surface area (Å²) in [6.07, 6.45) is 2.98. The highest BCUT2D eigenvalue weighted by atomic mass is 32.1. The van der Waals surface area contributed by atoms with Crippen molar-refractivity contribution in [2.75, 3.05) is 5.32 Å². The van der Waals surface area contributed by atoms with Crippen LogP contribution in [0.15, 0.2) is 17.1 Å². The molecule has 0 aliphatic heterocycles. The van der Waals surface area contributed by atoms with E-state index in [0.717, 1.165) is 23.8 Å². The highest BCUT2D eigenvalue weighted by molar-refractivity contribution is 7.15. The number of hydrogen-bond acceptors (Lipinski definition) is 5. The number of rotatable bonds is 4. The van der Waals surface area contributed by atoms with Crippen LogP contribution in [0.2, 0.25) is 0 Å². The third-order valence-electron chi connectivity index (χ3n) is 1.81. The zero-order valence-electron chi connectivity index (χ0n) is 7.86. The summed E-state index contributed by atoms with van der Waals surface area (Å²) in [5, 5.41) is 6.28. The molecular formula is C9H11N3S2. The van der Waals surface area contributed by atoms with Crippen molar-refractivity contribution < 1.29 is 0 Å². The Hall–Kier alpha value is -0.940. The Morgan fingerprint density at radius 1 is 1.43 bits per heavy atom. The van der Waals surface area contributed by atoms with Crippen LogP contribution in [0.1, 0.15) is 17.5 Å². The Kier molecular flexibility index (Phi) is 3.10. The maximum Gasteiger partial charge on any atom is 0.183 e. The Morgan fingerprint density at radius 2 is 2.36 bits per heavy atom. The van der Waals surface area contributed by atoms with Crippen molar-refractivity contribution in [3.05, 3.63) is 27.7 Å². The van der Waals surface area contributed by atoms with Gasteiger partial charge < -0.3 is 5.32 Å². The second-order valence-electron chi connectivity index (χ2n) is 2.82. The van der Waals surface area contributed by atoms with Crippen molar-refractivity contribution in [3.63, 3.8) is 0 Å². The van der Waals surface area contributed by atoms with Gasteiger partial charge in [0.15, 0.2) is 5.13 Å². The second-order valence-corrected chi connectivity index (χ2v) is 4.65. The van der Waals surface area contributed by atoms with E-state index in [0.29, 0.717) is 0 Å². The molecule has 0 saturated heterocycles. The number of nitrogens with zero attached hydrogens (tertiary/aromatic N) is 2. The Bertz CT molecular complexity index is 380. The fourth-order valence-electron chi connectivity index (χ4n) is 1.04. The summed E-state index contributed by atoms with van der Waals surface area (Å²) in [6.45, 7) is 2.90. The zero-order chi connectivity index (χ0) is 9.80. The average molecular weight is 225 g/mol. The molecule has 0 radical (unpaired) electrons. The van der Waals surface area contributed by atoms with E-state index in [4.69, 9.17) is 0 Å². The van der Waals surface area contributed by atoms with E-state index in [2.05, 4.69) is 22.2 Å². The molecule has 0 unspecified atom stereocenters. The van der Waals surface area contributed by atoms with Gasteiger partial charge in [-0.3, -0.25) is 0 Å². The van der Waals surface area contributed by atoms with Crippen LogP contribution in [0.3, 0.4) is 0 Å². The quantitative estimate of drug-likeness (QED) is 0.869. The summed E-state index contributed by atoms with van der Waals surface area (Å²) in [5.74, 6) is 0. The van der Waals surface area contributed by atoms with Gasteiger partial charge in [0.1, 0.15) is 0 Å². The third kappa shape index (κ3) is 2.30. The van der Waals surface area contributed by atoms with Gasteiger partial charge in [-0.15, -0.1) is 22.7 Å². The predicted molar refractivity (Wildman–Crippen MR) is 60.9 cm³/mol. The first-order chi connectivity index (χ1) is 6.88. The van der Waals surface area contributed by atoms with Crippen LogP contribution in [-0.4, -0.2) is 9.97 Å². The molecule has 0 aliphatic carbocycles. The molecule has 74 valence electrons. The minimum Gasteiger partial charge on any atom is -0.356 e. The molecule has 0 amide bonds. The fourth-order valence-corrected chi connectivity index (χ4v) is 2.35. The molecule has 0 saturated carbocycles. The van der Waals surface area contributed by atoms with Gasteiger partial charge in [0, 0.05) is 16.5 Å². The van der Waals surface area contributed by atoms with E-state index in [1.54, 1.807) is 22.7 Å². The van der Waals surface area contributed by atoms with Crippen molar-refractivity contribution in [1.29, 1.82) is 0 Å². The lowest BCUT2D eigenvalue weighted by Crippen LogP contribution is -1.98. The van der Waals surface area contributed by atoms with Crippen molar-refractivity contribution in [1.82, 2.24) is 9.97 Å². The van der Waals surface area contributed by atoms with Crippen molar-refractivity contribution in [2.45, 2.75) is 19.9 Å². The van der Waals surface area contributed by atoms with Crippen LogP contribution >= 0.6 is 22.7 Å². The summed E-state index contributed by atoms with van der Waals surface area (Å²) in [6, 6.07) is 0. The summed E-state index contributed by atoms with van der Waals surface area (Å²) in [5.41, 5.74) is 2.92. The molecule has 2 aromatic heterocycles. The molecule has 5 heteroatoms. The van der Waals surface area contributed by atoms with Crippen LogP contribution in [0.25, 0.3) is 0 Å². The fraction of sp³-hybridized carbons (Fsp3) is 0.333. The van der Waals surface area contributed by atoms with Gasteiger partial charge >= 0.3 is 0 Å². The number of nitrogens with one attached hydrogen (secondary N) is 1. The Balaban J connectivity index is 1.92. The number of anilines is 1. The van der Waals surface area contributed by atoms with Gasteiger partial charge in [-0.25, -0.2) is 9.97 Å². The number of hydrogen-bond donors (Lipinski definition) is 1. The van der Waals surface area contributed by atoms with E-state index in [1.807, 2.05) is 17.1 Å². The largest absolute Gasteiger partial charge is 0.356 e. The first-order valence-electron chi connectivity index (χ1n) is 4.44. The molecule has 0 atom stereocenters. The van der Waals surface area contributed by atoms with E-state index in [1.165, 1.54) is 4.88 Å². The minimum atomic E-state index is 0.764. The molecule has 2 aromatic rings. The highest BCUT2D eigenvalue weighted by Gasteiger charge is 2.00. The first-order valence-corrected chi connectivity index (χ1v) is 6.20. The third-order valence-corrected chi connectivity index (χ3v) is 3.54. The van der Waals surface area contributed by atoms with Crippen LogP contribution in [0.4, 0.5) is 5.13 Å². The Morgan fingerprint density at radius 3 is 3.00 bits per heavy atom. The molecule has 0 aromatic carbocycles. The lowest BCUT2D eigenvalue weighted by atomic mass is 10.4. The van der Waals surface area contributed by atoms with Crippen LogP contribution in [0, 0.1) is 0 Å². The van der Waals surface area contributed by atoms with E-state index in [-0.39, 0.29) is 0 Å². The summed E-state index contributed by atoms with van der Waals surface area (Å²) in [4.78, 5) is 9.77. The monoisotopic (exact) mass is 225 g/mol. The molecular weight excluding hydrogens is 214 g/mol. The topological polar surface area (TPSA) is 37.8 Å². The molecule has 0 fully saturated rings. The van der Waals surface area contributed by atoms with Crippen LogP contribution in [-0.2, 0) is 13.0 Å². The lowest BCUT2D eigenvalue weighted by molar-refractivity contribution is 1.07. The van der Waals surface area contributed by atoms with Crippen molar-refractivity contribution in [2.24, 2.45) is 0 Å². The minimum absolute atomic E-state index is 0.764. The smallest absolute Gasteiger partial charge is 0.183 e. The maximum atomic E-state index is 4.27. The molecule has 14 heavy (non-hydrogen) atoms. The van der Waals surface area contributed by atoms with Gasteiger partial charge in [-0.2, -0.15) is 0 Å². The first kappa shape index (κ1) is 9.61. The van der Waals surface area contributed by atoms with Crippen molar-refractivity contribution in [3.8, 4) is 0 Å². The summed E-state index contributed by atoms with van der Waals surface area (Å²) >= 11 is 3.32. The average Bonchev–Trinajstić information content (AvgIpc) is 2.86. The molecule has 0 bridgehead atoms. The lowest BCUT2D eigenvalue weighted by Gasteiger charge is -1.97. The van der Waals surface area contributed by atoms with Gasteiger partial charge in [-0.05, 0) is 6.42 Å². The predicted octanol–water partition coefficient (Wildman–Crippen LogP) is 2.77. The molecule has 1 N–H and O–H groups in total. The number of thiazole rings is 2. The highest BCUT2D eigenvalue weighted by Crippen LogP contribution is 2.18. The normalized spacial score (nSPS) is 10.4. The van der Waals surface area contributed by atoms with Gasteiger partial charge in [0.25, 0.3) is 0 Å². The van der Waals surface area contributed by atoms with E-state index >= 15 is 0 Å². The molecule has 3 nitrogen and oxygen atoms in total. The molecule has 2 rings (SSSR count). The van der Waals surface area contributed by atoms with Gasteiger partial charge in [0.05, 0.1) is 17.7 Å². The number of aryl methyl sites for hydroxylation is 1. The standard InChI is InChI=1S/C9H11N3S2/c1-2-8-4-11-9(14-8)10-3-7-5-13-6-12-7/h4-6H,2-3H2,1H3,(H,10,11). The van der Waals surface area contributed by atoms with Crippen LogP contribution in [0.5, 0.6) is 0 Å².